The maximum absolute atomic E-state index is 12.2. The van der Waals surface area contributed by atoms with Crippen molar-refractivity contribution in [1.29, 1.82) is 5.26 Å². The van der Waals surface area contributed by atoms with E-state index in [2.05, 4.69) is 34.0 Å². The van der Waals surface area contributed by atoms with Crippen LogP contribution in [-0.4, -0.2) is 39.7 Å². The smallest absolute Gasteiger partial charge is 0.349 e. The Hall–Kier alpha value is -2.46. The van der Waals surface area contributed by atoms with Gasteiger partial charge in [-0.3, -0.25) is 4.57 Å². The number of pyridine rings is 1. The lowest BCUT2D eigenvalue weighted by atomic mass is 10.1. The van der Waals surface area contributed by atoms with Crippen molar-refractivity contribution in [3.8, 4) is 6.07 Å². The molecule has 2 atom stereocenters. The van der Waals surface area contributed by atoms with E-state index in [-0.39, 0.29) is 11.7 Å². The van der Waals surface area contributed by atoms with Gasteiger partial charge in [0.1, 0.15) is 17.3 Å². The monoisotopic (exact) mass is 298 g/mol. The quantitative estimate of drug-likeness (QED) is 0.819. The van der Waals surface area contributed by atoms with Crippen LogP contribution in [0.1, 0.15) is 19.5 Å². The Labute approximate surface area is 128 Å². The molecule has 0 radical (unpaired) electrons. The van der Waals surface area contributed by atoms with Crippen LogP contribution < -0.4 is 15.9 Å². The Morgan fingerprint density at radius 1 is 1.36 bits per heavy atom. The van der Waals surface area contributed by atoms with E-state index in [9.17, 15) is 4.79 Å². The van der Waals surface area contributed by atoms with Crippen molar-refractivity contribution in [1.82, 2.24) is 19.9 Å². The maximum atomic E-state index is 12.2. The van der Waals surface area contributed by atoms with Crippen LogP contribution in [0.5, 0.6) is 0 Å². The summed E-state index contributed by atoms with van der Waals surface area (Å²) in [5, 5.41) is 12.5. The number of rotatable bonds is 1. The Balaban J connectivity index is 2.26. The van der Waals surface area contributed by atoms with Crippen LogP contribution in [-0.2, 0) is 7.05 Å². The molecule has 3 rings (SSSR count). The highest BCUT2D eigenvalue weighted by atomic mass is 16.1. The molecular weight excluding hydrogens is 280 g/mol. The number of piperazine rings is 1. The van der Waals surface area contributed by atoms with E-state index >= 15 is 0 Å². The first-order valence-electron chi connectivity index (χ1n) is 7.29. The van der Waals surface area contributed by atoms with Crippen LogP contribution in [0.3, 0.4) is 0 Å². The second-order valence-electron chi connectivity index (χ2n) is 5.76. The minimum Gasteiger partial charge on any atom is -0.349 e. The van der Waals surface area contributed by atoms with Crippen LogP contribution in [0.2, 0.25) is 0 Å². The van der Waals surface area contributed by atoms with Crippen molar-refractivity contribution in [2.24, 2.45) is 7.05 Å². The first-order valence-corrected chi connectivity index (χ1v) is 7.29. The van der Waals surface area contributed by atoms with Gasteiger partial charge in [0, 0.05) is 32.2 Å². The normalized spacial score (nSPS) is 21.8. The highest BCUT2D eigenvalue weighted by Crippen LogP contribution is 2.24. The number of anilines is 1. The molecule has 0 aromatic carbocycles. The third kappa shape index (κ3) is 2.31. The summed E-state index contributed by atoms with van der Waals surface area (Å²) in [6.45, 7) is 5.74. The van der Waals surface area contributed by atoms with Crippen LogP contribution in [0.25, 0.3) is 11.0 Å². The van der Waals surface area contributed by atoms with Crippen LogP contribution >= 0.6 is 0 Å². The number of nitrogens with zero attached hydrogens (tertiary/aromatic N) is 5. The van der Waals surface area contributed by atoms with Crippen LogP contribution in [0.15, 0.2) is 16.9 Å². The molecule has 0 aliphatic carbocycles. The zero-order chi connectivity index (χ0) is 15.9. The number of aryl methyl sites for hydroxylation is 1. The lowest BCUT2D eigenvalue weighted by Crippen LogP contribution is -2.55. The van der Waals surface area contributed by atoms with E-state index in [1.165, 1.54) is 4.57 Å². The molecule has 0 spiro atoms. The lowest BCUT2D eigenvalue weighted by molar-refractivity contribution is 0.423. The highest BCUT2D eigenvalue weighted by molar-refractivity contribution is 5.86. The van der Waals surface area contributed by atoms with Gasteiger partial charge in [-0.25, -0.2) is 9.78 Å². The van der Waals surface area contributed by atoms with E-state index in [1.807, 2.05) is 6.07 Å². The molecule has 114 valence electrons. The fraction of sp³-hybridized carbons (Fsp3) is 0.467. The minimum absolute atomic E-state index is 0.201. The predicted molar refractivity (Wildman–Crippen MR) is 83.8 cm³/mol. The molecular formula is C15H18N6O. The molecule has 0 amide bonds. The van der Waals surface area contributed by atoms with Crippen molar-refractivity contribution < 1.29 is 0 Å². The zero-order valence-electron chi connectivity index (χ0n) is 12.9. The minimum atomic E-state index is -0.313. The number of aromatic nitrogens is 3. The summed E-state index contributed by atoms with van der Waals surface area (Å²) in [6.07, 6.45) is 0. The van der Waals surface area contributed by atoms with Crippen molar-refractivity contribution in [2.45, 2.75) is 25.9 Å². The molecule has 1 saturated heterocycles. The van der Waals surface area contributed by atoms with Crippen LogP contribution in [0, 0.1) is 11.3 Å². The van der Waals surface area contributed by atoms with Crippen LogP contribution in [0.4, 0.5) is 5.82 Å². The number of nitrogens with one attached hydrogen (secondary N) is 1. The number of hydrogen-bond acceptors (Lipinski definition) is 6. The summed E-state index contributed by atoms with van der Waals surface area (Å²) in [6, 6.07) is 5.92. The van der Waals surface area contributed by atoms with Gasteiger partial charge in [-0.15, -0.1) is 0 Å². The topological polar surface area (TPSA) is 86.8 Å². The Kier molecular flexibility index (Phi) is 3.54. The fourth-order valence-electron chi connectivity index (χ4n) is 2.79. The molecule has 2 unspecified atom stereocenters. The summed E-state index contributed by atoms with van der Waals surface area (Å²) < 4.78 is 1.46. The first kappa shape index (κ1) is 14.5. The van der Waals surface area contributed by atoms with Gasteiger partial charge < -0.3 is 10.2 Å². The summed E-state index contributed by atoms with van der Waals surface area (Å²) >= 11 is 0. The molecule has 2 aromatic rings. The Bertz CT molecular complexity index is 821. The van der Waals surface area contributed by atoms with Gasteiger partial charge in [0.25, 0.3) is 0 Å². The standard InChI is InChI=1S/C15H18N6O/c1-9-8-21(10(2)7-17-9)14-13-12(20(3)15(22)19-14)5-4-11(6-16)18-13/h4-5,9-10,17H,7-8H2,1-3H3. The van der Waals surface area contributed by atoms with Gasteiger partial charge in [-0.2, -0.15) is 10.2 Å². The summed E-state index contributed by atoms with van der Waals surface area (Å²) in [5.74, 6) is 0.566. The van der Waals surface area contributed by atoms with Gasteiger partial charge >= 0.3 is 5.69 Å². The highest BCUT2D eigenvalue weighted by Gasteiger charge is 2.26. The predicted octanol–water partition coefficient (Wildman–Crippen LogP) is 0.387. The average molecular weight is 298 g/mol. The Morgan fingerprint density at radius 3 is 2.86 bits per heavy atom. The van der Waals surface area contributed by atoms with E-state index in [0.717, 1.165) is 13.1 Å². The molecule has 1 N–H and O–H groups in total. The molecule has 2 aromatic heterocycles. The molecule has 3 heterocycles. The molecule has 0 bridgehead atoms. The SMILES string of the molecule is CC1CN(c2nc(=O)n(C)c3ccc(C#N)nc23)C(C)CN1. The van der Waals surface area contributed by atoms with E-state index in [1.54, 1.807) is 19.2 Å². The van der Waals surface area contributed by atoms with Gasteiger partial charge in [-0.05, 0) is 26.0 Å². The third-order valence-electron chi connectivity index (χ3n) is 4.09. The zero-order valence-corrected chi connectivity index (χ0v) is 12.9. The van der Waals surface area contributed by atoms with Crippen molar-refractivity contribution >= 4 is 16.9 Å². The van der Waals surface area contributed by atoms with E-state index < -0.39 is 0 Å². The number of nitriles is 1. The molecule has 7 heteroatoms. The van der Waals surface area contributed by atoms with Crippen molar-refractivity contribution in [2.75, 3.05) is 18.0 Å². The third-order valence-corrected chi connectivity index (χ3v) is 4.09. The van der Waals surface area contributed by atoms with Gasteiger partial charge in [0.05, 0.1) is 5.52 Å². The van der Waals surface area contributed by atoms with Gasteiger partial charge in [0.2, 0.25) is 0 Å². The van der Waals surface area contributed by atoms with Gasteiger partial charge in [0.15, 0.2) is 5.82 Å². The average Bonchev–Trinajstić information content (AvgIpc) is 2.53. The molecule has 1 aliphatic heterocycles. The largest absolute Gasteiger partial charge is 0.349 e. The fourth-order valence-corrected chi connectivity index (χ4v) is 2.79. The molecule has 7 nitrogen and oxygen atoms in total. The number of hydrogen-bond donors (Lipinski definition) is 1. The summed E-state index contributed by atoms with van der Waals surface area (Å²) in [5.41, 5.74) is 1.30. The lowest BCUT2D eigenvalue weighted by Gasteiger charge is -2.38. The van der Waals surface area contributed by atoms with Crippen molar-refractivity contribution in [3.05, 3.63) is 28.3 Å². The van der Waals surface area contributed by atoms with E-state index in [0.29, 0.717) is 28.6 Å². The molecule has 0 saturated carbocycles. The molecule has 1 fully saturated rings. The molecule has 22 heavy (non-hydrogen) atoms. The Morgan fingerprint density at radius 2 is 2.14 bits per heavy atom. The first-order chi connectivity index (χ1) is 10.5. The second-order valence-corrected chi connectivity index (χ2v) is 5.76. The van der Waals surface area contributed by atoms with E-state index in [4.69, 9.17) is 5.26 Å². The number of fused-ring (bicyclic) bond motifs is 1. The summed E-state index contributed by atoms with van der Waals surface area (Å²) in [4.78, 5) is 22.9. The second kappa shape index (κ2) is 5.39. The maximum Gasteiger partial charge on any atom is 0.349 e. The molecule has 1 aliphatic rings. The van der Waals surface area contributed by atoms with Crippen molar-refractivity contribution in [3.63, 3.8) is 0 Å². The summed E-state index contributed by atoms with van der Waals surface area (Å²) in [7, 11) is 1.67. The van der Waals surface area contributed by atoms with Gasteiger partial charge in [-0.1, -0.05) is 0 Å².